The molecule has 0 heterocycles. The molecule has 1 unspecified atom stereocenters. The fourth-order valence-corrected chi connectivity index (χ4v) is 0.859. The van der Waals surface area contributed by atoms with Crippen LogP contribution in [0.5, 0.6) is 0 Å². The molecule has 0 radical (unpaired) electrons. The maximum absolute atomic E-state index is 5.06. The minimum absolute atomic E-state index is 0.0716. The Bertz CT molecular complexity index is 193. The predicted molar refractivity (Wildman–Crippen MR) is 57.3 cm³/mol. The van der Waals surface area contributed by atoms with E-state index in [0.717, 1.165) is 12.3 Å². The van der Waals surface area contributed by atoms with Gasteiger partial charge in [-0.05, 0) is 26.8 Å². The van der Waals surface area contributed by atoms with Crippen molar-refractivity contribution < 1.29 is 4.74 Å². The van der Waals surface area contributed by atoms with Crippen molar-refractivity contribution in [3.05, 3.63) is 11.6 Å². The summed E-state index contributed by atoms with van der Waals surface area (Å²) in [5.74, 6) is 0. The Morgan fingerprint density at radius 1 is 1.54 bits per heavy atom. The van der Waals surface area contributed by atoms with Crippen LogP contribution in [0.3, 0.4) is 0 Å². The van der Waals surface area contributed by atoms with Crippen LogP contribution >= 0.6 is 0 Å². The second-order valence-electron chi connectivity index (χ2n) is 3.20. The van der Waals surface area contributed by atoms with Crippen molar-refractivity contribution >= 4 is 5.71 Å². The van der Waals surface area contributed by atoms with Gasteiger partial charge < -0.3 is 4.74 Å². The van der Waals surface area contributed by atoms with Crippen LogP contribution in [0, 0.1) is 0 Å². The number of nitrogens with zero attached hydrogens (tertiary/aromatic N) is 1. The first-order valence-electron chi connectivity index (χ1n) is 4.47. The lowest BCUT2D eigenvalue weighted by Gasteiger charge is -2.11. The number of rotatable bonds is 5. The summed E-state index contributed by atoms with van der Waals surface area (Å²) in [5, 5.41) is 3.19. The smallest absolute Gasteiger partial charge is 0.105 e. The molecule has 13 heavy (non-hydrogen) atoms. The summed E-state index contributed by atoms with van der Waals surface area (Å²) in [5.41, 5.74) is 2.30. The van der Waals surface area contributed by atoms with E-state index in [2.05, 4.69) is 30.2 Å². The molecule has 0 rings (SSSR count). The third kappa shape index (κ3) is 6.49. The molecule has 0 fully saturated rings. The number of hydrogen-bond donors (Lipinski definition) is 1. The van der Waals surface area contributed by atoms with Gasteiger partial charge in [-0.15, -0.1) is 0 Å². The maximum atomic E-state index is 5.06. The summed E-state index contributed by atoms with van der Waals surface area (Å²) < 4.78 is 5.06. The van der Waals surface area contributed by atoms with Crippen molar-refractivity contribution in [2.24, 2.45) is 4.99 Å². The van der Waals surface area contributed by atoms with Gasteiger partial charge in [0.1, 0.15) is 6.23 Å². The van der Waals surface area contributed by atoms with Crippen molar-refractivity contribution in [3.63, 3.8) is 0 Å². The fraction of sp³-hybridized carbons (Fsp3) is 0.700. The van der Waals surface area contributed by atoms with E-state index in [1.807, 2.05) is 6.92 Å². The number of nitrogens with one attached hydrogen (secondary N) is 1. The van der Waals surface area contributed by atoms with E-state index in [-0.39, 0.29) is 6.23 Å². The molecule has 0 amide bonds. The topological polar surface area (TPSA) is 33.6 Å². The number of methoxy groups -OCH3 is 1. The van der Waals surface area contributed by atoms with E-state index in [9.17, 15) is 0 Å². The zero-order valence-corrected chi connectivity index (χ0v) is 9.22. The van der Waals surface area contributed by atoms with Crippen molar-refractivity contribution in [1.29, 1.82) is 0 Å². The summed E-state index contributed by atoms with van der Waals surface area (Å²) >= 11 is 0. The van der Waals surface area contributed by atoms with Crippen molar-refractivity contribution in [2.75, 3.05) is 20.7 Å². The van der Waals surface area contributed by atoms with Gasteiger partial charge in [0.05, 0.1) is 0 Å². The van der Waals surface area contributed by atoms with Gasteiger partial charge in [0.2, 0.25) is 0 Å². The molecule has 0 aromatic heterocycles. The molecule has 0 aliphatic rings. The Morgan fingerprint density at radius 2 is 2.15 bits per heavy atom. The first-order valence-corrected chi connectivity index (χ1v) is 4.47. The summed E-state index contributed by atoms with van der Waals surface area (Å²) in [6.45, 7) is 6.84. The Hall–Kier alpha value is -0.670. The lowest BCUT2D eigenvalue weighted by molar-refractivity contribution is 0.0939. The lowest BCUT2D eigenvalue weighted by atomic mass is 10.2. The monoisotopic (exact) mass is 184 g/mol. The Balaban J connectivity index is 3.95. The van der Waals surface area contributed by atoms with Gasteiger partial charge in [0, 0.05) is 26.4 Å². The average Bonchev–Trinajstić information content (AvgIpc) is 2.10. The average molecular weight is 184 g/mol. The molecule has 0 aliphatic heterocycles. The van der Waals surface area contributed by atoms with Gasteiger partial charge in [0.25, 0.3) is 0 Å². The highest BCUT2D eigenvalue weighted by atomic mass is 16.5. The molecule has 0 saturated heterocycles. The van der Waals surface area contributed by atoms with Gasteiger partial charge >= 0.3 is 0 Å². The SMILES string of the molecule is C/N=C(\C=C(C)C)CNC(C)OC. The third-order valence-corrected chi connectivity index (χ3v) is 1.67. The molecule has 0 aliphatic carbocycles. The normalized spacial score (nSPS) is 14.1. The number of aliphatic imine (C=N–C) groups is 1. The molecule has 3 heteroatoms. The molecule has 76 valence electrons. The molecular weight excluding hydrogens is 164 g/mol. The van der Waals surface area contributed by atoms with Crippen molar-refractivity contribution in [3.8, 4) is 0 Å². The molecule has 1 atom stereocenters. The van der Waals surface area contributed by atoms with Crippen LogP contribution in [0.15, 0.2) is 16.6 Å². The quantitative estimate of drug-likeness (QED) is 0.520. The second kappa shape index (κ2) is 6.80. The maximum Gasteiger partial charge on any atom is 0.105 e. The van der Waals surface area contributed by atoms with Crippen LogP contribution in [0.2, 0.25) is 0 Å². The Labute approximate surface area is 80.9 Å². The molecule has 0 bridgehead atoms. The highest BCUT2D eigenvalue weighted by molar-refractivity contribution is 5.96. The number of allylic oxidation sites excluding steroid dienone is 1. The molecule has 1 N–H and O–H groups in total. The van der Waals surface area contributed by atoms with Crippen LogP contribution in [-0.4, -0.2) is 32.6 Å². The number of ether oxygens (including phenoxy) is 1. The van der Waals surface area contributed by atoms with Crippen LogP contribution < -0.4 is 5.32 Å². The standard InChI is InChI=1S/C10H20N2O/c1-8(2)6-10(11-4)7-12-9(3)13-5/h6,9,12H,7H2,1-5H3/b11-10+. The molecule has 0 aromatic rings. The van der Waals surface area contributed by atoms with Gasteiger partial charge in [0.15, 0.2) is 0 Å². The first kappa shape index (κ1) is 12.3. The van der Waals surface area contributed by atoms with Gasteiger partial charge in [-0.3, -0.25) is 10.3 Å². The Morgan fingerprint density at radius 3 is 2.54 bits per heavy atom. The third-order valence-electron chi connectivity index (χ3n) is 1.67. The van der Waals surface area contributed by atoms with E-state index < -0.39 is 0 Å². The summed E-state index contributed by atoms with van der Waals surface area (Å²) in [7, 11) is 3.48. The summed E-state index contributed by atoms with van der Waals surface area (Å²) in [6.07, 6.45) is 2.14. The van der Waals surface area contributed by atoms with Crippen molar-refractivity contribution in [2.45, 2.75) is 27.0 Å². The summed E-state index contributed by atoms with van der Waals surface area (Å²) in [6, 6.07) is 0. The zero-order valence-electron chi connectivity index (χ0n) is 9.22. The van der Waals surface area contributed by atoms with Crippen LogP contribution in [0.1, 0.15) is 20.8 Å². The van der Waals surface area contributed by atoms with E-state index in [0.29, 0.717) is 0 Å². The zero-order chi connectivity index (χ0) is 10.3. The summed E-state index contributed by atoms with van der Waals surface area (Å²) in [4.78, 5) is 4.16. The van der Waals surface area contributed by atoms with Gasteiger partial charge in [-0.2, -0.15) is 0 Å². The van der Waals surface area contributed by atoms with Gasteiger partial charge in [-0.25, -0.2) is 0 Å². The highest BCUT2D eigenvalue weighted by Crippen LogP contribution is 1.91. The molecule has 0 aromatic carbocycles. The molecular formula is C10H20N2O. The van der Waals surface area contributed by atoms with E-state index in [1.165, 1.54) is 5.57 Å². The first-order chi connectivity index (χ1) is 6.10. The number of hydrogen-bond acceptors (Lipinski definition) is 3. The predicted octanol–water partition coefficient (Wildman–Crippen LogP) is 1.61. The largest absolute Gasteiger partial charge is 0.367 e. The van der Waals surface area contributed by atoms with Gasteiger partial charge in [-0.1, -0.05) is 5.57 Å². The molecule has 0 saturated carbocycles. The Kier molecular flexibility index (Phi) is 6.45. The van der Waals surface area contributed by atoms with Crippen molar-refractivity contribution in [1.82, 2.24) is 5.32 Å². The minimum Gasteiger partial charge on any atom is -0.367 e. The molecule has 0 spiro atoms. The van der Waals surface area contributed by atoms with E-state index in [4.69, 9.17) is 4.74 Å². The highest BCUT2D eigenvalue weighted by Gasteiger charge is 1.99. The van der Waals surface area contributed by atoms with E-state index >= 15 is 0 Å². The molecule has 3 nitrogen and oxygen atoms in total. The van der Waals surface area contributed by atoms with Crippen LogP contribution in [-0.2, 0) is 4.74 Å². The van der Waals surface area contributed by atoms with Crippen LogP contribution in [0.4, 0.5) is 0 Å². The fourth-order valence-electron chi connectivity index (χ4n) is 0.859. The van der Waals surface area contributed by atoms with E-state index in [1.54, 1.807) is 14.2 Å². The lowest BCUT2D eigenvalue weighted by Crippen LogP contribution is -2.32. The van der Waals surface area contributed by atoms with Crippen LogP contribution in [0.25, 0.3) is 0 Å². The second-order valence-corrected chi connectivity index (χ2v) is 3.20. The minimum atomic E-state index is 0.0716.